The Hall–Kier alpha value is -1.46. The van der Waals surface area contributed by atoms with Gasteiger partial charge in [0.25, 0.3) is 5.91 Å². The van der Waals surface area contributed by atoms with Gasteiger partial charge in [0.2, 0.25) is 5.13 Å². The van der Waals surface area contributed by atoms with Gasteiger partial charge in [-0.3, -0.25) is 9.69 Å². The highest BCUT2D eigenvalue weighted by Gasteiger charge is 2.53. The second kappa shape index (κ2) is 6.03. The van der Waals surface area contributed by atoms with E-state index in [9.17, 15) is 4.79 Å². The average Bonchev–Trinajstić information content (AvgIpc) is 3.11. The second-order valence-corrected chi connectivity index (χ2v) is 9.79. The molecule has 26 heavy (non-hydrogen) atoms. The summed E-state index contributed by atoms with van der Waals surface area (Å²) >= 11 is 7.78. The molecular weight excluding hydrogens is 366 g/mol. The lowest BCUT2D eigenvalue weighted by Gasteiger charge is -2.55. The van der Waals surface area contributed by atoms with Gasteiger partial charge in [-0.25, -0.2) is 0 Å². The van der Waals surface area contributed by atoms with Crippen molar-refractivity contribution in [3.8, 4) is 0 Å². The van der Waals surface area contributed by atoms with Crippen molar-refractivity contribution in [2.24, 2.45) is 17.8 Å². The van der Waals surface area contributed by atoms with E-state index in [1.165, 1.54) is 38.5 Å². The van der Waals surface area contributed by atoms with Crippen LogP contribution in [-0.4, -0.2) is 23.2 Å². The molecule has 4 bridgehead atoms. The summed E-state index contributed by atoms with van der Waals surface area (Å²) in [6, 6.07) is 7.15. The fourth-order valence-corrected chi connectivity index (χ4v) is 7.08. The Morgan fingerprint density at radius 2 is 1.73 bits per heavy atom. The lowest BCUT2D eigenvalue weighted by Crippen LogP contribution is -2.48. The average molecular weight is 388 g/mol. The lowest BCUT2D eigenvalue weighted by atomic mass is 9.50. The van der Waals surface area contributed by atoms with E-state index in [1.807, 2.05) is 12.1 Å². The van der Waals surface area contributed by atoms with Crippen LogP contribution in [0.15, 0.2) is 24.3 Å². The summed E-state index contributed by atoms with van der Waals surface area (Å²) < 4.78 is 0. The van der Waals surface area contributed by atoms with Crippen LogP contribution in [0.5, 0.6) is 0 Å². The van der Waals surface area contributed by atoms with Gasteiger partial charge in [0, 0.05) is 12.5 Å². The Bertz CT molecular complexity index is 829. The predicted octanol–water partition coefficient (Wildman–Crippen LogP) is 4.94. The van der Waals surface area contributed by atoms with Crippen LogP contribution >= 0.6 is 22.9 Å². The molecule has 4 aliphatic rings. The molecule has 1 heterocycles. The third-order valence-corrected chi connectivity index (χ3v) is 8.18. The molecule has 0 saturated heterocycles. The van der Waals surface area contributed by atoms with E-state index in [4.69, 9.17) is 11.6 Å². The van der Waals surface area contributed by atoms with Crippen LogP contribution in [0, 0.1) is 17.8 Å². The monoisotopic (exact) mass is 387 g/mol. The van der Waals surface area contributed by atoms with Gasteiger partial charge in [0.05, 0.1) is 10.6 Å². The Balaban J connectivity index is 1.42. The molecule has 1 aromatic heterocycles. The maximum absolute atomic E-state index is 12.8. The Morgan fingerprint density at radius 3 is 2.35 bits per heavy atom. The maximum Gasteiger partial charge on any atom is 0.261 e. The molecule has 136 valence electrons. The number of carbonyl (C=O) groups is 1. The molecule has 4 fully saturated rings. The summed E-state index contributed by atoms with van der Waals surface area (Å²) in [6.45, 7) is 0. The van der Waals surface area contributed by atoms with E-state index in [2.05, 4.69) is 10.2 Å². The highest BCUT2D eigenvalue weighted by atomic mass is 35.5. The van der Waals surface area contributed by atoms with E-state index >= 15 is 0 Å². The Morgan fingerprint density at radius 1 is 1.12 bits per heavy atom. The first-order valence-corrected chi connectivity index (χ1v) is 10.6. The van der Waals surface area contributed by atoms with E-state index in [-0.39, 0.29) is 11.3 Å². The number of aromatic nitrogens is 2. The zero-order valence-electron chi connectivity index (χ0n) is 14.8. The SMILES string of the molecule is CN(C(=O)c1ccccc1Cl)c1nnc(C23CC4CC(CC(C4)C2)C3)s1. The molecule has 1 amide bonds. The van der Waals surface area contributed by atoms with Crippen LogP contribution in [0.3, 0.4) is 0 Å². The largest absolute Gasteiger partial charge is 0.286 e. The van der Waals surface area contributed by atoms with Gasteiger partial charge in [-0.1, -0.05) is 35.1 Å². The maximum atomic E-state index is 12.8. The number of nitrogens with zero attached hydrogens (tertiary/aromatic N) is 3. The van der Waals surface area contributed by atoms with Crippen molar-refractivity contribution < 1.29 is 4.79 Å². The lowest BCUT2D eigenvalue weighted by molar-refractivity contribution is -0.00555. The highest BCUT2D eigenvalue weighted by molar-refractivity contribution is 7.15. The van der Waals surface area contributed by atoms with Gasteiger partial charge < -0.3 is 0 Å². The molecule has 4 nitrogen and oxygen atoms in total. The summed E-state index contributed by atoms with van der Waals surface area (Å²) in [5.74, 6) is 2.48. The third kappa shape index (κ3) is 2.59. The summed E-state index contributed by atoms with van der Waals surface area (Å²) in [4.78, 5) is 14.4. The number of carbonyl (C=O) groups excluding carboxylic acids is 1. The van der Waals surface area contributed by atoms with Crippen molar-refractivity contribution in [2.45, 2.75) is 43.9 Å². The Kier molecular flexibility index (Phi) is 3.87. The second-order valence-electron chi connectivity index (χ2n) is 8.43. The zero-order chi connectivity index (χ0) is 17.9. The fourth-order valence-electron chi connectivity index (χ4n) is 5.84. The van der Waals surface area contributed by atoms with E-state index in [0.29, 0.717) is 15.7 Å². The van der Waals surface area contributed by atoms with Gasteiger partial charge in [0.1, 0.15) is 5.01 Å². The molecule has 6 heteroatoms. The van der Waals surface area contributed by atoms with Crippen LogP contribution in [-0.2, 0) is 5.41 Å². The smallest absolute Gasteiger partial charge is 0.261 e. The molecule has 0 unspecified atom stereocenters. The van der Waals surface area contributed by atoms with Crippen LogP contribution in [0.1, 0.15) is 53.9 Å². The summed E-state index contributed by atoms with van der Waals surface area (Å²) in [7, 11) is 1.76. The third-order valence-electron chi connectivity index (χ3n) is 6.60. The minimum absolute atomic E-state index is 0.135. The number of hydrogen-bond donors (Lipinski definition) is 0. The molecule has 4 aliphatic carbocycles. The zero-order valence-corrected chi connectivity index (χ0v) is 16.4. The van der Waals surface area contributed by atoms with Crippen LogP contribution in [0.2, 0.25) is 5.02 Å². The van der Waals surface area contributed by atoms with Gasteiger partial charge >= 0.3 is 0 Å². The minimum atomic E-state index is -0.135. The van der Waals surface area contributed by atoms with Crippen molar-refractivity contribution in [1.29, 1.82) is 0 Å². The van der Waals surface area contributed by atoms with Gasteiger partial charge in [0.15, 0.2) is 0 Å². The highest BCUT2D eigenvalue weighted by Crippen LogP contribution is 2.61. The summed E-state index contributed by atoms with van der Waals surface area (Å²) in [5.41, 5.74) is 0.724. The fraction of sp³-hybridized carbons (Fsp3) is 0.550. The van der Waals surface area contributed by atoms with E-state index < -0.39 is 0 Å². The Labute approximate surface area is 162 Å². The number of amides is 1. The van der Waals surface area contributed by atoms with Crippen LogP contribution in [0.4, 0.5) is 5.13 Å². The first kappa shape index (κ1) is 16.7. The first-order chi connectivity index (χ1) is 12.5. The standard InChI is InChI=1S/C20H22ClN3OS/c1-24(17(25)15-4-2-3-5-16(15)21)19-23-22-18(26-19)20-9-12-6-13(10-20)8-14(7-12)11-20/h2-5,12-14H,6-11H2,1H3. The number of benzene rings is 1. The predicted molar refractivity (Wildman–Crippen MR) is 104 cm³/mol. The number of rotatable bonds is 3. The van der Waals surface area contributed by atoms with Crippen molar-refractivity contribution in [3.05, 3.63) is 39.9 Å². The van der Waals surface area contributed by atoms with Crippen LogP contribution in [0.25, 0.3) is 0 Å². The molecule has 0 atom stereocenters. The molecule has 0 radical (unpaired) electrons. The summed E-state index contributed by atoms with van der Waals surface area (Å²) in [6.07, 6.45) is 8.02. The van der Waals surface area contributed by atoms with Crippen molar-refractivity contribution in [3.63, 3.8) is 0 Å². The molecule has 0 aliphatic heterocycles. The van der Waals surface area contributed by atoms with Crippen molar-refractivity contribution in [2.75, 3.05) is 11.9 Å². The van der Waals surface area contributed by atoms with Crippen LogP contribution < -0.4 is 4.90 Å². The van der Waals surface area contributed by atoms with E-state index in [1.54, 1.807) is 35.4 Å². The molecule has 4 saturated carbocycles. The van der Waals surface area contributed by atoms with E-state index in [0.717, 1.165) is 22.8 Å². The summed E-state index contributed by atoms with van der Waals surface area (Å²) in [5, 5.41) is 11.2. The number of anilines is 1. The van der Waals surface area contributed by atoms with Gasteiger partial charge in [-0.2, -0.15) is 0 Å². The number of hydrogen-bond acceptors (Lipinski definition) is 4. The topological polar surface area (TPSA) is 46.1 Å². The van der Waals surface area contributed by atoms with Crippen molar-refractivity contribution >= 4 is 34.0 Å². The molecule has 0 N–H and O–H groups in total. The first-order valence-electron chi connectivity index (χ1n) is 9.41. The molecular formula is C20H22ClN3OS. The van der Waals surface area contributed by atoms with Crippen molar-refractivity contribution in [1.82, 2.24) is 10.2 Å². The molecule has 0 spiro atoms. The molecule has 1 aromatic carbocycles. The number of halogens is 1. The quantitative estimate of drug-likeness (QED) is 0.749. The normalized spacial score (nSPS) is 32.0. The van der Waals surface area contributed by atoms with Gasteiger partial charge in [-0.05, 0) is 68.4 Å². The van der Waals surface area contributed by atoms with Gasteiger partial charge in [-0.15, -0.1) is 10.2 Å². The molecule has 6 rings (SSSR count). The minimum Gasteiger partial charge on any atom is -0.286 e. The molecule has 2 aromatic rings.